The van der Waals surface area contributed by atoms with Crippen molar-refractivity contribution in [3.8, 4) is 11.4 Å². The summed E-state index contributed by atoms with van der Waals surface area (Å²) in [7, 11) is 0. The number of nitrogen functional groups attached to an aromatic ring is 1. The van der Waals surface area contributed by atoms with Crippen molar-refractivity contribution in [2.45, 2.75) is 38.7 Å². The maximum Gasteiger partial charge on any atom is 0.229 e. The molecule has 1 aliphatic rings. The van der Waals surface area contributed by atoms with Crippen molar-refractivity contribution in [1.29, 1.82) is 0 Å². The quantitative estimate of drug-likeness (QED) is 0.870. The molecule has 1 aliphatic heterocycles. The summed E-state index contributed by atoms with van der Waals surface area (Å²) in [4.78, 5) is 4.43. The van der Waals surface area contributed by atoms with E-state index in [4.69, 9.17) is 15.0 Å². The number of hydrogen-bond donors (Lipinski definition) is 1. The van der Waals surface area contributed by atoms with E-state index in [0.29, 0.717) is 18.1 Å². The van der Waals surface area contributed by atoms with E-state index in [1.54, 1.807) is 0 Å². The second-order valence-corrected chi connectivity index (χ2v) is 5.28. The number of hydrogen-bond acceptors (Lipinski definition) is 5. The van der Waals surface area contributed by atoms with Crippen LogP contribution in [0.2, 0.25) is 0 Å². The van der Waals surface area contributed by atoms with Gasteiger partial charge in [-0.15, -0.1) is 0 Å². The largest absolute Gasteiger partial charge is 0.398 e. The van der Waals surface area contributed by atoms with Crippen LogP contribution >= 0.6 is 0 Å². The van der Waals surface area contributed by atoms with Crippen molar-refractivity contribution in [2.75, 3.05) is 12.3 Å². The SMILES string of the molecule is Cc1ccc(-c2noc(CC3CCCCO3)n2)cc1N. The molecule has 0 bridgehead atoms. The van der Waals surface area contributed by atoms with Gasteiger partial charge in [-0.05, 0) is 37.8 Å². The molecule has 0 spiro atoms. The Bertz CT molecular complexity index is 589. The highest BCUT2D eigenvalue weighted by molar-refractivity contribution is 5.63. The Morgan fingerprint density at radius 1 is 1.35 bits per heavy atom. The van der Waals surface area contributed by atoms with Crippen LogP contribution in [0.4, 0.5) is 5.69 Å². The summed E-state index contributed by atoms with van der Waals surface area (Å²) < 4.78 is 11.0. The molecule has 1 atom stereocenters. The second kappa shape index (κ2) is 5.63. The summed E-state index contributed by atoms with van der Waals surface area (Å²) >= 11 is 0. The van der Waals surface area contributed by atoms with Crippen molar-refractivity contribution in [3.05, 3.63) is 29.7 Å². The van der Waals surface area contributed by atoms with E-state index in [1.807, 2.05) is 25.1 Å². The lowest BCUT2D eigenvalue weighted by Gasteiger charge is -2.20. The predicted octanol–water partition coefficient (Wildman–Crippen LogP) is 2.74. The third-order valence-corrected chi connectivity index (χ3v) is 3.68. The monoisotopic (exact) mass is 273 g/mol. The Kier molecular flexibility index (Phi) is 3.69. The van der Waals surface area contributed by atoms with E-state index in [9.17, 15) is 0 Å². The molecule has 106 valence electrons. The molecule has 1 aromatic heterocycles. The number of anilines is 1. The highest BCUT2D eigenvalue weighted by Gasteiger charge is 2.18. The summed E-state index contributed by atoms with van der Waals surface area (Å²) in [6.45, 7) is 2.81. The van der Waals surface area contributed by atoms with E-state index in [2.05, 4.69) is 10.1 Å². The second-order valence-electron chi connectivity index (χ2n) is 5.28. The number of aryl methyl sites for hydroxylation is 1. The Morgan fingerprint density at radius 3 is 3.00 bits per heavy atom. The van der Waals surface area contributed by atoms with Crippen molar-refractivity contribution >= 4 is 5.69 Å². The van der Waals surface area contributed by atoms with Gasteiger partial charge < -0.3 is 15.0 Å². The first-order valence-corrected chi connectivity index (χ1v) is 7.03. The Balaban J connectivity index is 1.73. The Morgan fingerprint density at radius 2 is 2.25 bits per heavy atom. The molecule has 5 nitrogen and oxygen atoms in total. The van der Waals surface area contributed by atoms with E-state index < -0.39 is 0 Å². The fourth-order valence-corrected chi connectivity index (χ4v) is 2.40. The van der Waals surface area contributed by atoms with Gasteiger partial charge in [-0.1, -0.05) is 17.3 Å². The molecule has 1 saturated heterocycles. The summed E-state index contributed by atoms with van der Waals surface area (Å²) in [5.41, 5.74) is 8.58. The summed E-state index contributed by atoms with van der Waals surface area (Å²) in [6, 6.07) is 5.80. The minimum Gasteiger partial charge on any atom is -0.398 e. The van der Waals surface area contributed by atoms with Gasteiger partial charge in [-0.25, -0.2) is 0 Å². The normalized spacial score (nSPS) is 19.1. The van der Waals surface area contributed by atoms with Crippen LogP contribution < -0.4 is 5.73 Å². The van der Waals surface area contributed by atoms with Crippen LogP contribution in [0.15, 0.2) is 22.7 Å². The first-order chi connectivity index (χ1) is 9.72. The first kappa shape index (κ1) is 13.1. The average molecular weight is 273 g/mol. The molecule has 2 aromatic rings. The van der Waals surface area contributed by atoms with Gasteiger partial charge >= 0.3 is 0 Å². The van der Waals surface area contributed by atoms with Crippen LogP contribution in [0.25, 0.3) is 11.4 Å². The molecule has 1 unspecified atom stereocenters. The van der Waals surface area contributed by atoms with Crippen LogP contribution in [0.1, 0.15) is 30.7 Å². The third kappa shape index (κ3) is 2.82. The average Bonchev–Trinajstić information content (AvgIpc) is 2.91. The van der Waals surface area contributed by atoms with Crippen LogP contribution in [0.3, 0.4) is 0 Å². The molecular weight excluding hydrogens is 254 g/mol. The summed E-state index contributed by atoms with van der Waals surface area (Å²) in [6.07, 6.45) is 4.32. The molecule has 3 rings (SSSR count). The third-order valence-electron chi connectivity index (χ3n) is 3.68. The van der Waals surface area contributed by atoms with Crippen molar-refractivity contribution in [2.24, 2.45) is 0 Å². The van der Waals surface area contributed by atoms with Crippen LogP contribution in [0, 0.1) is 6.92 Å². The van der Waals surface area contributed by atoms with Gasteiger partial charge in [0.25, 0.3) is 0 Å². The van der Waals surface area contributed by atoms with E-state index >= 15 is 0 Å². The lowest BCUT2D eigenvalue weighted by molar-refractivity contribution is 0.0124. The summed E-state index contributed by atoms with van der Waals surface area (Å²) in [5, 5.41) is 4.03. The highest BCUT2D eigenvalue weighted by atomic mass is 16.5. The standard InChI is InChI=1S/C15H19N3O2/c1-10-5-6-11(8-13(10)16)15-17-14(20-18-15)9-12-4-2-3-7-19-12/h5-6,8,12H,2-4,7,9,16H2,1H3. The van der Waals surface area contributed by atoms with Gasteiger partial charge in [-0.2, -0.15) is 4.98 Å². The lowest BCUT2D eigenvalue weighted by atomic mass is 10.1. The van der Waals surface area contributed by atoms with Crippen LogP contribution in [-0.4, -0.2) is 22.9 Å². The van der Waals surface area contributed by atoms with Gasteiger partial charge in [0.2, 0.25) is 11.7 Å². The topological polar surface area (TPSA) is 74.2 Å². The van der Waals surface area contributed by atoms with E-state index in [0.717, 1.165) is 36.3 Å². The zero-order chi connectivity index (χ0) is 13.9. The fraction of sp³-hybridized carbons (Fsp3) is 0.467. The smallest absolute Gasteiger partial charge is 0.229 e. The van der Waals surface area contributed by atoms with Crippen LogP contribution in [-0.2, 0) is 11.2 Å². The summed E-state index contributed by atoms with van der Waals surface area (Å²) in [5.74, 6) is 1.22. The number of benzene rings is 1. The van der Waals surface area contributed by atoms with E-state index in [-0.39, 0.29) is 6.10 Å². The molecule has 1 aromatic carbocycles. The van der Waals surface area contributed by atoms with Crippen molar-refractivity contribution in [3.63, 3.8) is 0 Å². The number of ether oxygens (including phenoxy) is 1. The first-order valence-electron chi connectivity index (χ1n) is 7.03. The molecule has 20 heavy (non-hydrogen) atoms. The molecule has 0 amide bonds. The molecule has 2 heterocycles. The Labute approximate surface area is 118 Å². The van der Waals surface area contributed by atoms with Gasteiger partial charge in [0.15, 0.2) is 0 Å². The molecule has 1 fully saturated rings. The minimum absolute atomic E-state index is 0.208. The van der Waals surface area contributed by atoms with Gasteiger partial charge in [0, 0.05) is 17.9 Å². The number of nitrogens with zero attached hydrogens (tertiary/aromatic N) is 2. The number of rotatable bonds is 3. The molecular formula is C15H19N3O2. The maximum atomic E-state index is 5.91. The minimum atomic E-state index is 0.208. The number of nitrogens with two attached hydrogens (primary N) is 1. The molecule has 0 aliphatic carbocycles. The molecule has 0 radical (unpaired) electrons. The highest BCUT2D eigenvalue weighted by Crippen LogP contribution is 2.22. The van der Waals surface area contributed by atoms with Gasteiger partial charge in [0.05, 0.1) is 12.5 Å². The van der Waals surface area contributed by atoms with Crippen molar-refractivity contribution in [1.82, 2.24) is 10.1 Å². The van der Waals surface area contributed by atoms with Crippen LogP contribution in [0.5, 0.6) is 0 Å². The number of aromatic nitrogens is 2. The van der Waals surface area contributed by atoms with E-state index in [1.165, 1.54) is 6.42 Å². The zero-order valence-electron chi connectivity index (χ0n) is 11.6. The lowest BCUT2D eigenvalue weighted by Crippen LogP contribution is -2.21. The zero-order valence-corrected chi connectivity index (χ0v) is 11.6. The van der Waals surface area contributed by atoms with Gasteiger partial charge in [0.1, 0.15) is 0 Å². The molecule has 0 saturated carbocycles. The molecule has 2 N–H and O–H groups in total. The fourth-order valence-electron chi connectivity index (χ4n) is 2.40. The van der Waals surface area contributed by atoms with Gasteiger partial charge in [-0.3, -0.25) is 0 Å². The Hall–Kier alpha value is -1.88. The predicted molar refractivity (Wildman–Crippen MR) is 76.2 cm³/mol. The maximum absolute atomic E-state index is 5.91. The molecule has 5 heteroatoms. The van der Waals surface area contributed by atoms with Crippen molar-refractivity contribution < 1.29 is 9.26 Å².